The summed E-state index contributed by atoms with van der Waals surface area (Å²) in [6.45, 7) is 11.5. The average Bonchev–Trinajstić information content (AvgIpc) is 2.25. The van der Waals surface area contributed by atoms with Crippen LogP contribution in [0.2, 0.25) is 0 Å². The van der Waals surface area contributed by atoms with Crippen molar-refractivity contribution in [2.75, 3.05) is 25.0 Å². The number of anilines is 1. The summed E-state index contributed by atoms with van der Waals surface area (Å²) < 4.78 is 0. The number of nitrogens with one attached hydrogen (secondary N) is 1. The summed E-state index contributed by atoms with van der Waals surface area (Å²) in [4.78, 5) is 2.12. The van der Waals surface area contributed by atoms with Crippen molar-refractivity contribution in [3.63, 3.8) is 0 Å². The fraction of sp³-hybridized carbons (Fsp3) is 0.625. The van der Waals surface area contributed by atoms with E-state index in [-0.39, 0.29) is 0 Å². The summed E-state index contributed by atoms with van der Waals surface area (Å²) in [5.41, 5.74) is 2.95. The third-order valence-corrected chi connectivity index (χ3v) is 3.23. The third-order valence-electron chi connectivity index (χ3n) is 3.23. The van der Waals surface area contributed by atoms with Gasteiger partial charge in [0.05, 0.1) is 5.60 Å². The molecule has 1 aromatic carbocycles. The number of aliphatic hydroxyl groups is 1. The fourth-order valence-corrected chi connectivity index (χ4v) is 2.31. The lowest BCUT2D eigenvalue weighted by Crippen LogP contribution is -2.48. The van der Waals surface area contributed by atoms with Gasteiger partial charge >= 0.3 is 0 Å². The van der Waals surface area contributed by atoms with Gasteiger partial charge in [-0.3, -0.25) is 0 Å². The standard InChI is InChI=1S/C16H28N2O/c1-12(2)17-10-16(5,19)11-18(6)15-8-7-13(3)9-14(15)4/h7-9,12,17,19H,10-11H2,1-6H3. The van der Waals surface area contributed by atoms with Crippen LogP contribution >= 0.6 is 0 Å². The van der Waals surface area contributed by atoms with Gasteiger partial charge in [0.25, 0.3) is 0 Å². The van der Waals surface area contributed by atoms with Gasteiger partial charge in [-0.05, 0) is 32.4 Å². The van der Waals surface area contributed by atoms with Crippen molar-refractivity contribution in [2.24, 2.45) is 0 Å². The zero-order valence-electron chi connectivity index (χ0n) is 13.1. The van der Waals surface area contributed by atoms with E-state index >= 15 is 0 Å². The van der Waals surface area contributed by atoms with Gasteiger partial charge in [-0.1, -0.05) is 31.5 Å². The number of rotatable bonds is 6. The first-order valence-corrected chi connectivity index (χ1v) is 6.95. The second-order valence-electron chi connectivity index (χ2n) is 6.18. The van der Waals surface area contributed by atoms with Crippen LogP contribution in [0.1, 0.15) is 31.9 Å². The molecule has 3 heteroatoms. The number of likely N-dealkylation sites (N-methyl/N-ethyl adjacent to an activating group) is 1. The molecule has 0 spiro atoms. The van der Waals surface area contributed by atoms with Gasteiger partial charge < -0.3 is 15.3 Å². The highest BCUT2D eigenvalue weighted by atomic mass is 16.3. The van der Waals surface area contributed by atoms with Gasteiger partial charge in [0.2, 0.25) is 0 Å². The van der Waals surface area contributed by atoms with Crippen LogP contribution in [0, 0.1) is 13.8 Å². The number of nitrogens with zero attached hydrogens (tertiary/aromatic N) is 1. The highest BCUT2D eigenvalue weighted by Gasteiger charge is 2.23. The minimum atomic E-state index is -0.740. The summed E-state index contributed by atoms with van der Waals surface area (Å²) in [7, 11) is 2.03. The van der Waals surface area contributed by atoms with Crippen molar-refractivity contribution >= 4 is 5.69 Å². The predicted molar refractivity (Wildman–Crippen MR) is 82.9 cm³/mol. The molecule has 0 amide bonds. The molecular formula is C16H28N2O. The molecule has 0 aliphatic heterocycles. The Morgan fingerprint density at radius 1 is 1.32 bits per heavy atom. The van der Waals surface area contributed by atoms with Crippen LogP contribution in [0.3, 0.4) is 0 Å². The quantitative estimate of drug-likeness (QED) is 0.828. The normalized spacial score (nSPS) is 14.5. The van der Waals surface area contributed by atoms with Crippen LogP contribution < -0.4 is 10.2 Å². The molecule has 1 aromatic rings. The summed E-state index contributed by atoms with van der Waals surface area (Å²) >= 11 is 0. The molecule has 0 bridgehead atoms. The number of benzene rings is 1. The molecule has 0 saturated heterocycles. The minimum Gasteiger partial charge on any atom is -0.387 e. The third kappa shape index (κ3) is 5.21. The predicted octanol–water partition coefficient (Wildman–Crippen LogP) is 2.49. The summed E-state index contributed by atoms with van der Waals surface area (Å²) in [6, 6.07) is 6.79. The van der Waals surface area contributed by atoms with E-state index in [4.69, 9.17) is 0 Å². The zero-order chi connectivity index (χ0) is 14.6. The highest BCUT2D eigenvalue weighted by molar-refractivity contribution is 5.54. The molecule has 1 rings (SSSR count). The topological polar surface area (TPSA) is 35.5 Å². The van der Waals surface area contributed by atoms with Crippen molar-refractivity contribution in [3.05, 3.63) is 29.3 Å². The largest absolute Gasteiger partial charge is 0.387 e. The molecule has 0 radical (unpaired) electrons. The molecule has 0 heterocycles. The molecule has 108 valence electrons. The van der Waals surface area contributed by atoms with Gasteiger partial charge in [-0.15, -0.1) is 0 Å². The first-order chi connectivity index (χ1) is 8.71. The van der Waals surface area contributed by atoms with Crippen LogP contribution in [0.15, 0.2) is 18.2 Å². The first kappa shape index (κ1) is 16.0. The SMILES string of the molecule is Cc1ccc(N(C)CC(C)(O)CNC(C)C)c(C)c1. The zero-order valence-corrected chi connectivity index (χ0v) is 13.1. The Labute approximate surface area is 117 Å². The van der Waals surface area contributed by atoms with E-state index in [0.717, 1.165) is 0 Å². The lowest BCUT2D eigenvalue weighted by molar-refractivity contribution is 0.0656. The Hall–Kier alpha value is -1.06. The molecule has 0 aliphatic rings. The summed E-state index contributed by atoms with van der Waals surface area (Å²) in [5.74, 6) is 0. The number of aryl methyl sites for hydroxylation is 2. The molecule has 0 fully saturated rings. The van der Waals surface area contributed by atoms with Crippen LogP contribution in [0.5, 0.6) is 0 Å². The molecule has 0 aliphatic carbocycles. The van der Waals surface area contributed by atoms with Gasteiger partial charge in [-0.2, -0.15) is 0 Å². The maximum Gasteiger partial charge on any atom is 0.0917 e. The average molecular weight is 264 g/mol. The first-order valence-electron chi connectivity index (χ1n) is 6.95. The van der Waals surface area contributed by atoms with Crippen molar-refractivity contribution in [1.82, 2.24) is 5.32 Å². The number of hydrogen-bond acceptors (Lipinski definition) is 3. The Bertz CT molecular complexity index is 413. The Balaban J connectivity index is 2.70. The second kappa shape index (κ2) is 6.40. The molecule has 0 saturated carbocycles. The van der Waals surface area contributed by atoms with Crippen LogP contribution in [-0.4, -0.2) is 36.9 Å². The van der Waals surface area contributed by atoms with Crippen LogP contribution in [-0.2, 0) is 0 Å². The summed E-state index contributed by atoms with van der Waals surface area (Å²) in [6.07, 6.45) is 0. The molecule has 0 aromatic heterocycles. The van der Waals surface area contributed by atoms with Crippen molar-refractivity contribution in [3.8, 4) is 0 Å². The van der Waals surface area contributed by atoms with Crippen molar-refractivity contribution in [1.29, 1.82) is 0 Å². The lowest BCUT2D eigenvalue weighted by atomic mass is 10.0. The maximum atomic E-state index is 10.4. The van der Waals surface area contributed by atoms with Crippen molar-refractivity contribution in [2.45, 2.75) is 46.3 Å². The summed E-state index contributed by atoms with van der Waals surface area (Å²) in [5, 5.41) is 13.7. The van der Waals surface area contributed by atoms with Crippen molar-refractivity contribution < 1.29 is 5.11 Å². The van der Waals surface area contributed by atoms with E-state index in [9.17, 15) is 5.11 Å². The Kier molecular flexibility index (Phi) is 5.39. The van der Waals surface area contributed by atoms with Gasteiger partial charge in [0.1, 0.15) is 0 Å². The van der Waals surface area contributed by atoms with E-state index in [1.807, 2.05) is 14.0 Å². The van der Waals surface area contributed by atoms with E-state index in [2.05, 4.69) is 56.1 Å². The molecule has 19 heavy (non-hydrogen) atoms. The van der Waals surface area contributed by atoms with Gasteiger partial charge in [0.15, 0.2) is 0 Å². The molecule has 3 nitrogen and oxygen atoms in total. The lowest BCUT2D eigenvalue weighted by Gasteiger charge is -2.32. The molecular weight excluding hydrogens is 236 g/mol. The Morgan fingerprint density at radius 3 is 2.47 bits per heavy atom. The maximum absolute atomic E-state index is 10.4. The van der Waals surface area contributed by atoms with E-state index < -0.39 is 5.60 Å². The Morgan fingerprint density at radius 2 is 1.95 bits per heavy atom. The van der Waals surface area contributed by atoms with E-state index in [1.165, 1.54) is 16.8 Å². The monoisotopic (exact) mass is 264 g/mol. The molecule has 1 unspecified atom stereocenters. The number of hydrogen-bond donors (Lipinski definition) is 2. The molecule has 2 N–H and O–H groups in total. The van der Waals surface area contributed by atoms with Crippen LogP contribution in [0.25, 0.3) is 0 Å². The van der Waals surface area contributed by atoms with E-state index in [1.54, 1.807) is 0 Å². The highest BCUT2D eigenvalue weighted by Crippen LogP contribution is 2.21. The smallest absolute Gasteiger partial charge is 0.0917 e. The fourth-order valence-electron chi connectivity index (χ4n) is 2.31. The second-order valence-corrected chi connectivity index (χ2v) is 6.18. The minimum absolute atomic E-state index is 0.387. The van der Waals surface area contributed by atoms with Crippen LogP contribution in [0.4, 0.5) is 5.69 Å². The molecule has 1 atom stereocenters. The van der Waals surface area contributed by atoms with Gasteiger partial charge in [0, 0.05) is 31.9 Å². The van der Waals surface area contributed by atoms with E-state index in [0.29, 0.717) is 19.1 Å². The van der Waals surface area contributed by atoms with Gasteiger partial charge in [-0.25, -0.2) is 0 Å².